The lowest BCUT2D eigenvalue weighted by Gasteiger charge is -2.42. The van der Waals surface area contributed by atoms with Crippen molar-refractivity contribution in [1.82, 2.24) is 4.90 Å². The molecular weight excluding hydrogens is 154 g/mol. The van der Waals surface area contributed by atoms with Gasteiger partial charge in [0, 0.05) is 13.1 Å². The van der Waals surface area contributed by atoms with E-state index in [1.54, 1.807) is 0 Å². The highest BCUT2D eigenvalue weighted by Crippen LogP contribution is 2.18. The molecule has 0 aromatic carbocycles. The molecule has 1 unspecified atom stereocenters. The molecule has 1 saturated heterocycles. The van der Waals surface area contributed by atoms with Crippen LogP contribution in [0, 0.1) is 5.92 Å². The van der Waals surface area contributed by atoms with Crippen molar-refractivity contribution in [3.8, 4) is 0 Å². The third-order valence-corrected chi connectivity index (χ3v) is 2.47. The zero-order valence-corrected chi connectivity index (χ0v) is 7.49. The van der Waals surface area contributed by atoms with Crippen molar-refractivity contribution in [2.45, 2.75) is 19.4 Å². The number of amides is 1. The number of hydrogen-bond acceptors (Lipinski definition) is 3. The highest BCUT2D eigenvalue weighted by atomic mass is 16.1. The van der Waals surface area contributed by atoms with Crippen molar-refractivity contribution in [3.05, 3.63) is 0 Å². The zero-order valence-electron chi connectivity index (χ0n) is 7.49. The highest BCUT2D eigenvalue weighted by molar-refractivity contribution is 5.79. The number of nitrogens with two attached hydrogens (primary N) is 2. The summed E-state index contributed by atoms with van der Waals surface area (Å²) >= 11 is 0. The Morgan fingerprint density at radius 2 is 2.25 bits per heavy atom. The van der Waals surface area contributed by atoms with Crippen LogP contribution >= 0.6 is 0 Å². The molecule has 1 rings (SSSR count). The monoisotopic (exact) mass is 171 g/mol. The van der Waals surface area contributed by atoms with Crippen LogP contribution in [0.25, 0.3) is 0 Å². The first-order valence-corrected chi connectivity index (χ1v) is 4.42. The van der Waals surface area contributed by atoms with Crippen LogP contribution in [0.2, 0.25) is 0 Å². The number of nitrogens with zero attached hydrogens (tertiary/aromatic N) is 1. The van der Waals surface area contributed by atoms with Gasteiger partial charge in [0.1, 0.15) is 0 Å². The predicted molar refractivity (Wildman–Crippen MR) is 47.4 cm³/mol. The lowest BCUT2D eigenvalue weighted by Crippen LogP contribution is -2.57. The number of hydrogen-bond donors (Lipinski definition) is 2. The normalized spacial score (nSPS) is 21.8. The predicted octanol–water partition coefficient (Wildman–Crippen LogP) is -0.859. The maximum Gasteiger partial charge on any atom is 0.234 e. The molecule has 1 aliphatic heterocycles. The summed E-state index contributed by atoms with van der Waals surface area (Å²) in [5.41, 5.74) is 10.7. The Morgan fingerprint density at radius 3 is 2.58 bits per heavy atom. The highest BCUT2D eigenvalue weighted by Gasteiger charge is 2.32. The molecule has 0 aromatic rings. The number of rotatable bonds is 4. The van der Waals surface area contributed by atoms with E-state index >= 15 is 0 Å². The fourth-order valence-corrected chi connectivity index (χ4v) is 1.65. The standard InChI is InChI=1S/C8H17N3O/c1-2-7(8(10)12)11-4-6(3-9)5-11/h6-7H,2-5,9H2,1H3,(H2,10,12). The van der Waals surface area contributed by atoms with E-state index in [0.29, 0.717) is 12.5 Å². The van der Waals surface area contributed by atoms with Crippen molar-refractivity contribution in [2.24, 2.45) is 17.4 Å². The van der Waals surface area contributed by atoms with Gasteiger partial charge in [-0.25, -0.2) is 0 Å². The Kier molecular flexibility index (Phi) is 3.05. The van der Waals surface area contributed by atoms with Gasteiger partial charge in [-0.1, -0.05) is 6.92 Å². The molecule has 1 heterocycles. The Labute approximate surface area is 72.9 Å². The van der Waals surface area contributed by atoms with Gasteiger partial charge in [0.15, 0.2) is 0 Å². The van der Waals surface area contributed by atoms with Crippen molar-refractivity contribution < 1.29 is 4.79 Å². The molecule has 4 N–H and O–H groups in total. The van der Waals surface area contributed by atoms with Crippen LogP contribution in [0.5, 0.6) is 0 Å². The Morgan fingerprint density at radius 1 is 1.67 bits per heavy atom. The van der Waals surface area contributed by atoms with E-state index in [4.69, 9.17) is 11.5 Å². The van der Waals surface area contributed by atoms with E-state index in [-0.39, 0.29) is 11.9 Å². The van der Waals surface area contributed by atoms with Gasteiger partial charge in [0.2, 0.25) is 5.91 Å². The quantitative estimate of drug-likeness (QED) is 0.578. The lowest BCUT2D eigenvalue weighted by molar-refractivity contribution is -0.126. The summed E-state index contributed by atoms with van der Waals surface area (Å²) in [4.78, 5) is 13.0. The Bertz CT molecular complexity index is 166. The lowest BCUT2D eigenvalue weighted by atomic mass is 9.96. The molecule has 12 heavy (non-hydrogen) atoms. The molecule has 0 bridgehead atoms. The average Bonchev–Trinajstić information content (AvgIpc) is 1.94. The van der Waals surface area contributed by atoms with E-state index < -0.39 is 0 Å². The van der Waals surface area contributed by atoms with Crippen LogP contribution in [0.1, 0.15) is 13.3 Å². The van der Waals surface area contributed by atoms with E-state index in [1.807, 2.05) is 6.92 Å². The minimum atomic E-state index is -0.215. The molecule has 1 aliphatic rings. The number of carbonyl (C=O) groups excluding carboxylic acids is 1. The maximum atomic E-state index is 10.9. The summed E-state index contributed by atoms with van der Waals surface area (Å²) in [5, 5.41) is 0. The minimum absolute atomic E-state index is 0.0761. The second-order valence-electron chi connectivity index (χ2n) is 3.38. The zero-order chi connectivity index (χ0) is 9.14. The minimum Gasteiger partial charge on any atom is -0.368 e. The van der Waals surface area contributed by atoms with Crippen LogP contribution in [0.4, 0.5) is 0 Å². The molecule has 1 amide bonds. The van der Waals surface area contributed by atoms with Gasteiger partial charge in [0.25, 0.3) is 0 Å². The molecule has 0 aromatic heterocycles. The van der Waals surface area contributed by atoms with Gasteiger partial charge in [0.05, 0.1) is 6.04 Å². The Hall–Kier alpha value is -0.610. The molecule has 1 atom stereocenters. The van der Waals surface area contributed by atoms with Gasteiger partial charge in [-0.05, 0) is 18.9 Å². The van der Waals surface area contributed by atoms with Gasteiger partial charge in [-0.2, -0.15) is 0 Å². The largest absolute Gasteiger partial charge is 0.368 e. The van der Waals surface area contributed by atoms with Crippen LogP contribution in [-0.2, 0) is 4.79 Å². The van der Waals surface area contributed by atoms with Crippen molar-refractivity contribution in [3.63, 3.8) is 0 Å². The number of carbonyl (C=O) groups is 1. The second-order valence-corrected chi connectivity index (χ2v) is 3.38. The molecule has 0 radical (unpaired) electrons. The van der Waals surface area contributed by atoms with Crippen molar-refractivity contribution in [1.29, 1.82) is 0 Å². The van der Waals surface area contributed by atoms with Crippen molar-refractivity contribution in [2.75, 3.05) is 19.6 Å². The van der Waals surface area contributed by atoms with E-state index in [0.717, 1.165) is 19.5 Å². The molecular formula is C8H17N3O. The fourth-order valence-electron chi connectivity index (χ4n) is 1.65. The maximum absolute atomic E-state index is 10.9. The van der Waals surface area contributed by atoms with Gasteiger partial charge in [-0.3, -0.25) is 9.69 Å². The van der Waals surface area contributed by atoms with E-state index in [1.165, 1.54) is 0 Å². The van der Waals surface area contributed by atoms with Crippen molar-refractivity contribution >= 4 is 5.91 Å². The molecule has 0 aliphatic carbocycles. The molecule has 0 spiro atoms. The molecule has 4 nitrogen and oxygen atoms in total. The summed E-state index contributed by atoms with van der Waals surface area (Å²) in [5.74, 6) is 0.353. The van der Waals surface area contributed by atoms with Crippen LogP contribution in [-0.4, -0.2) is 36.5 Å². The topological polar surface area (TPSA) is 72.4 Å². The van der Waals surface area contributed by atoms with Crippen LogP contribution < -0.4 is 11.5 Å². The summed E-state index contributed by atoms with van der Waals surface area (Å²) in [7, 11) is 0. The Balaban J connectivity index is 2.34. The first-order valence-electron chi connectivity index (χ1n) is 4.42. The molecule has 4 heteroatoms. The van der Waals surface area contributed by atoms with Crippen LogP contribution in [0.3, 0.4) is 0 Å². The average molecular weight is 171 g/mol. The molecule has 70 valence electrons. The molecule has 0 saturated carbocycles. The summed E-state index contributed by atoms with van der Waals surface area (Å²) in [6, 6.07) is -0.0761. The van der Waals surface area contributed by atoms with Gasteiger partial charge >= 0.3 is 0 Å². The number of likely N-dealkylation sites (tertiary alicyclic amines) is 1. The first kappa shape index (κ1) is 9.48. The summed E-state index contributed by atoms with van der Waals surface area (Å²) in [6.07, 6.45) is 0.798. The summed E-state index contributed by atoms with van der Waals surface area (Å²) in [6.45, 7) is 4.55. The van der Waals surface area contributed by atoms with Crippen LogP contribution in [0.15, 0.2) is 0 Å². The fraction of sp³-hybridized carbons (Fsp3) is 0.875. The van der Waals surface area contributed by atoms with E-state index in [9.17, 15) is 4.79 Å². The van der Waals surface area contributed by atoms with Gasteiger partial charge < -0.3 is 11.5 Å². The van der Waals surface area contributed by atoms with Gasteiger partial charge in [-0.15, -0.1) is 0 Å². The third-order valence-electron chi connectivity index (χ3n) is 2.47. The summed E-state index contributed by atoms with van der Waals surface area (Å²) < 4.78 is 0. The third kappa shape index (κ3) is 1.76. The number of primary amides is 1. The first-order chi connectivity index (χ1) is 5.69. The second kappa shape index (κ2) is 3.87. The molecule has 1 fully saturated rings. The SMILES string of the molecule is CCC(C(N)=O)N1CC(CN)C1. The smallest absolute Gasteiger partial charge is 0.234 e. The van der Waals surface area contributed by atoms with E-state index in [2.05, 4.69) is 4.90 Å².